The van der Waals surface area contributed by atoms with Crippen molar-refractivity contribution in [3.05, 3.63) is 28.7 Å². The molecule has 1 unspecified atom stereocenters. The van der Waals surface area contributed by atoms with E-state index in [1.165, 1.54) is 4.57 Å². The number of unbranched alkanes of at least 4 members (excludes halogenated alkanes) is 1. The number of carbonyl (C=O) groups excluding carboxylic acids is 1. The minimum absolute atomic E-state index is 0.0743. The molecule has 0 aromatic carbocycles. The first-order chi connectivity index (χ1) is 10.5. The van der Waals surface area contributed by atoms with Crippen LogP contribution in [0, 0.1) is 0 Å². The summed E-state index contributed by atoms with van der Waals surface area (Å²) >= 11 is 0. The van der Waals surface area contributed by atoms with Crippen LogP contribution in [0.4, 0.5) is 0 Å². The number of ether oxygens (including phenoxy) is 1. The van der Waals surface area contributed by atoms with E-state index in [1.807, 2.05) is 6.92 Å². The van der Waals surface area contributed by atoms with Crippen LogP contribution < -0.4 is 16.0 Å². The van der Waals surface area contributed by atoms with Crippen LogP contribution >= 0.6 is 0 Å². The smallest absolute Gasteiger partial charge is 0.292 e. The number of amides is 1. The summed E-state index contributed by atoms with van der Waals surface area (Å²) in [6.45, 7) is 5.06. The molecule has 0 fully saturated rings. The second-order valence-corrected chi connectivity index (χ2v) is 5.46. The standard InChI is InChI=1S/C16H27N3O3/c1-4-6-9-18(3)15(20)12-22-14-8-7-10-19(16(14)21)11-13(17)5-2/h7-8,10,13H,4-6,9,11-12,17H2,1-3H3. The summed E-state index contributed by atoms with van der Waals surface area (Å²) in [5.74, 6) is 0.0524. The molecule has 124 valence electrons. The Hall–Kier alpha value is -1.82. The molecular weight excluding hydrogens is 282 g/mol. The number of nitrogens with two attached hydrogens (primary N) is 1. The molecule has 1 heterocycles. The largest absolute Gasteiger partial charge is 0.478 e. The Bertz CT molecular complexity index is 528. The molecule has 1 atom stereocenters. The van der Waals surface area contributed by atoms with Gasteiger partial charge >= 0.3 is 0 Å². The van der Waals surface area contributed by atoms with Crippen LogP contribution in [0.25, 0.3) is 0 Å². The number of pyridine rings is 1. The van der Waals surface area contributed by atoms with Crippen LogP contribution in [0.15, 0.2) is 23.1 Å². The monoisotopic (exact) mass is 309 g/mol. The first kappa shape index (κ1) is 18.2. The molecule has 6 nitrogen and oxygen atoms in total. The van der Waals surface area contributed by atoms with Crippen LogP contribution in [0.1, 0.15) is 33.1 Å². The predicted molar refractivity (Wildman–Crippen MR) is 87.0 cm³/mol. The first-order valence-electron chi connectivity index (χ1n) is 7.81. The highest BCUT2D eigenvalue weighted by Crippen LogP contribution is 2.04. The first-order valence-corrected chi connectivity index (χ1v) is 7.81. The van der Waals surface area contributed by atoms with Crippen molar-refractivity contribution >= 4 is 5.91 Å². The number of aromatic nitrogens is 1. The molecule has 0 spiro atoms. The van der Waals surface area contributed by atoms with Gasteiger partial charge in [0.1, 0.15) is 0 Å². The van der Waals surface area contributed by atoms with E-state index in [2.05, 4.69) is 6.92 Å². The van der Waals surface area contributed by atoms with Gasteiger partial charge in [-0.05, 0) is 25.0 Å². The van der Waals surface area contributed by atoms with Crippen LogP contribution in [-0.4, -0.2) is 41.6 Å². The fourth-order valence-corrected chi connectivity index (χ4v) is 1.92. The van der Waals surface area contributed by atoms with Crippen LogP contribution in [0.5, 0.6) is 5.75 Å². The zero-order chi connectivity index (χ0) is 16.5. The van der Waals surface area contributed by atoms with Crippen molar-refractivity contribution in [1.82, 2.24) is 9.47 Å². The Kier molecular flexibility index (Phi) is 7.66. The van der Waals surface area contributed by atoms with E-state index in [-0.39, 0.29) is 29.9 Å². The number of nitrogens with zero attached hydrogens (tertiary/aromatic N) is 2. The highest BCUT2D eigenvalue weighted by molar-refractivity contribution is 5.77. The van der Waals surface area contributed by atoms with E-state index in [0.29, 0.717) is 13.1 Å². The third-order valence-corrected chi connectivity index (χ3v) is 3.56. The molecule has 1 rings (SSSR count). The van der Waals surface area contributed by atoms with Gasteiger partial charge in [0.25, 0.3) is 11.5 Å². The van der Waals surface area contributed by atoms with Crippen LogP contribution in [0.3, 0.4) is 0 Å². The van der Waals surface area contributed by atoms with Crippen molar-refractivity contribution < 1.29 is 9.53 Å². The number of likely N-dealkylation sites (N-methyl/N-ethyl adjacent to an activating group) is 1. The molecule has 6 heteroatoms. The van der Waals surface area contributed by atoms with Crippen LogP contribution in [0.2, 0.25) is 0 Å². The van der Waals surface area contributed by atoms with Crippen molar-refractivity contribution in [3.8, 4) is 5.75 Å². The Morgan fingerprint density at radius 1 is 1.45 bits per heavy atom. The molecule has 0 radical (unpaired) electrons. The molecule has 0 aliphatic rings. The van der Waals surface area contributed by atoms with Gasteiger partial charge in [-0.1, -0.05) is 20.3 Å². The summed E-state index contributed by atoms with van der Waals surface area (Å²) in [5.41, 5.74) is 5.62. The van der Waals surface area contributed by atoms with Gasteiger partial charge in [0.2, 0.25) is 0 Å². The van der Waals surface area contributed by atoms with Crippen molar-refractivity contribution in [2.45, 2.75) is 45.7 Å². The van der Waals surface area contributed by atoms with Gasteiger partial charge in [-0.15, -0.1) is 0 Å². The SMILES string of the molecule is CCCCN(C)C(=O)COc1cccn(CC(N)CC)c1=O. The van der Waals surface area contributed by atoms with Gasteiger partial charge in [0.05, 0.1) is 0 Å². The topological polar surface area (TPSA) is 77.6 Å². The molecule has 0 aliphatic carbocycles. The van der Waals surface area contributed by atoms with E-state index in [9.17, 15) is 9.59 Å². The maximum Gasteiger partial charge on any atom is 0.292 e. The molecule has 2 N–H and O–H groups in total. The molecule has 0 saturated carbocycles. The number of carbonyl (C=O) groups is 1. The molecule has 0 saturated heterocycles. The second-order valence-electron chi connectivity index (χ2n) is 5.46. The molecule has 22 heavy (non-hydrogen) atoms. The lowest BCUT2D eigenvalue weighted by atomic mass is 10.2. The fraction of sp³-hybridized carbons (Fsp3) is 0.625. The average molecular weight is 309 g/mol. The minimum atomic E-state index is -0.254. The Labute approximate surface area is 131 Å². The molecule has 1 aromatic heterocycles. The quantitative estimate of drug-likeness (QED) is 0.744. The lowest BCUT2D eigenvalue weighted by Gasteiger charge is -2.17. The third-order valence-electron chi connectivity index (χ3n) is 3.56. The number of hydrogen-bond donors (Lipinski definition) is 1. The third kappa shape index (κ3) is 5.52. The highest BCUT2D eigenvalue weighted by atomic mass is 16.5. The molecule has 0 bridgehead atoms. The molecule has 0 aliphatic heterocycles. The van der Waals surface area contributed by atoms with E-state index in [1.54, 1.807) is 30.3 Å². The highest BCUT2D eigenvalue weighted by Gasteiger charge is 2.12. The minimum Gasteiger partial charge on any atom is -0.478 e. The van der Waals surface area contributed by atoms with E-state index in [4.69, 9.17) is 10.5 Å². The lowest BCUT2D eigenvalue weighted by Crippen LogP contribution is -2.34. The summed E-state index contributed by atoms with van der Waals surface area (Å²) in [5, 5.41) is 0. The summed E-state index contributed by atoms with van der Waals surface area (Å²) < 4.78 is 6.91. The van der Waals surface area contributed by atoms with E-state index >= 15 is 0 Å². The summed E-state index contributed by atoms with van der Waals surface area (Å²) in [7, 11) is 1.74. The van der Waals surface area contributed by atoms with Crippen molar-refractivity contribution in [2.75, 3.05) is 20.2 Å². The molecule has 1 amide bonds. The Morgan fingerprint density at radius 3 is 2.82 bits per heavy atom. The zero-order valence-electron chi connectivity index (χ0n) is 13.7. The summed E-state index contributed by atoms with van der Waals surface area (Å²) in [6.07, 6.45) is 4.45. The summed E-state index contributed by atoms with van der Waals surface area (Å²) in [6, 6.07) is 3.23. The fourth-order valence-electron chi connectivity index (χ4n) is 1.92. The van der Waals surface area contributed by atoms with Gasteiger partial charge in [-0.3, -0.25) is 9.59 Å². The predicted octanol–water partition coefficient (Wildman–Crippen LogP) is 1.22. The lowest BCUT2D eigenvalue weighted by molar-refractivity contribution is -0.132. The van der Waals surface area contributed by atoms with Crippen molar-refractivity contribution in [3.63, 3.8) is 0 Å². The van der Waals surface area contributed by atoms with Gasteiger partial charge in [-0.25, -0.2) is 0 Å². The van der Waals surface area contributed by atoms with E-state index < -0.39 is 0 Å². The van der Waals surface area contributed by atoms with Crippen LogP contribution in [-0.2, 0) is 11.3 Å². The van der Waals surface area contributed by atoms with Gasteiger partial charge in [-0.2, -0.15) is 0 Å². The Balaban J connectivity index is 2.65. The van der Waals surface area contributed by atoms with Gasteiger partial charge in [0.15, 0.2) is 12.4 Å². The second kappa shape index (κ2) is 9.25. The normalized spacial score (nSPS) is 12.0. The van der Waals surface area contributed by atoms with Gasteiger partial charge in [0, 0.05) is 32.4 Å². The van der Waals surface area contributed by atoms with Crippen molar-refractivity contribution in [1.29, 1.82) is 0 Å². The number of rotatable bonds is 9. The summed E-state index contributed by atoms with van der Waals surface area (Å²) in [4.78, 5) is 25.8. The molecule has 1 aromatic rings. The Morgan fingerprint density at radius 2 is 2.18 bits per heavy atom. The van der Waals surface area contributed by atoms with Crippen molar-refractivity contribution in [2.24, 2.45) is 5.73 Å². The maximum absolute atomic E-state index is 12.2. The van der Waals surface area contributed by atoms with E-state index in [0.717, 1.165) is 19.3 Å². The number of hydrogen-bond acceptors (Lipinski definition) is 4. The molecular formula is C16H27N3O3. The zero-order valence-corrected chi connectivity index (χ0v) is 13.7. The van der Waals surface area contributed by atoms with Gasteiger partial charge < -0.3 is 19.9 Å². The average Bonchev–Trinajstić information content (AvgIpc) is 2.52. The maximum atomic E-state index is 12.2.